The number of rotatable bonds is 3. The van der Waals surface area contributed by atoms with E-state index in [-0.39, 0.29) is 17.6 Å². The Morgan fingerprint density at radius 1 is 1.47 bits per heavy atom. The van der Waals surface area contributed by atoms with Gasteiger partial charge >= 0.3 is 5.97 Å². The Kier molecular flexibility index (Phi) is 4.11. The maximum atomic E-state index is 12.0. The van der Waals surface area contributed by atoms with Gasteiger partial charge < -0.3 is 15.7 Å². The van der Waals surface area contributed by atoms with Crippen molar-refractivity contribution in [3.8, 4) is 0 Å². The summed E-state index contributed by atoms with van der Waals surface area (Å²) in [5.74, 6) is -0.651. The minimum Gasteiger partial charge on any atom is -0.477 e. The Balaban J connectivity index is 1.96. The average Bonchev–Trinajstić information content (AvgIpc) is 2.39. The summed E-state index contributed by atoms with van der Waals surface area (Å²) in [7, 11) is 0. The Morgan fingerprint density at radius 2 is 2.26 bits per heavy atom. The fourth-order valence-corrected chi connectivity index (χ4v) is 2.13. The first kappa shape index (κ1) is 13.5. The van der Waals surface area contributed by atoms with Crippen LogP contribution < -0.4 is 10.6 Å². The molecule has 1 aromatic rings. The van der Waals surface area contributed by atoms with E-state index < -0.39 is 5.97 Å². The number of carbonyl (C=O) groups is 2. The maximum absolute atomic E-state index is 12.0. The smallest absolute Gasteiger partial charge is 0.354 e. The molecule has 6 nitrogen and oxygen atoms in total. The molecule has 1 aromatic heterocycles. The SMILES string of the molecule is CC1CCNC(C(=O)Nc2ccc(C(=O)O)nc2)C1. The minimum atomic E-state index is -1.08. The van der Waals surface area contributed by atoms with Gasteiger partial charge in [-0.1, -0.05) is 6.92 Å². The number of amides is 1. The van der Waals surface area contributed by atoms with Crippen LogP contribution in [0.5, 0.6) is 0 Å². The molecule has 19 heavy (non-hydrogen) atoms. The lowest BCUT2D eigenvalue weighted by Gasteiger charge is -2.27. The van der Waals surface area contributed by atoms with Gasteiger partial charge in [0.15, 0.2) is 0 Å². The van der Waals surface area contributed by atoms with Crippen LogP contribution in [0.15, 0.2) is 18.3 Å². The second-order valence-electron chi connectivity index (χ2n) is 4.86. The van der Waals surface area contributed by atoms with Crippen LogP contribution in [0.2, 0.25) is 0 Å². The fraction of sp³-hybridized carbons (Fsp3) is 0.462. The van der Waals surface area contributed by atoms with Crippen LogP contribution in [0, 0.1) is 5.92 Å². The van der Waals surface area contributed by atoms with Gasteiger partial charge in [-0.25, -0.2) is 9.78 Å². The molecule has 3 N–H and O–H groups in total. The highest BCUT2D eigenvalue weighted by atomic mass is 16.4. The van der Waals surface area contributed by atoms with Crippen molar-refractivity contribution in [2.45, 2.75) is 25.8 Å². The predicted octanol–water partition coefficient (Wildman–Crippen LogP) is 1.11. The zero-order valence-corrected chi connectivity index (χ0v) is 10.7. The fourth-order valence-electron chi connectivity index (χ4n) is 2.13. The molecular weight excluding hydrogens is 246 g/mol. The minimum absolute atomic E-state index is 0.0394. The molecule has 1 saturated heterocycles. The first-order chi connectivity index (χ1) is 9.06. The number of aromatic carboxylic acids is 1. The summed E-state index contributed by atoms with van der Waals surface area (Å²) >= 11 is 0. The zero-order valence-electron chi connectivity index (χ0n) is 10.7. The van der Waals surface area contributed by atoms with E-state index in [1.54, 1.807) is 6.07 Å². The normalized spacial score (nSPS) is 22.8. The van der Waals surface area contributed by atoms with Crippen molar-refractivity contribution in [3.05, 3.63) is 24.0 Å². The van der Waals surface area contributed by atoms with Gasteiger partial charge in [0.2, 0.25) is 5.91 Å². The van der Waals surface area contributed by atoms with E-state index in [9.17, 15) is 9.59 Å². The van der Waals surface area contributed by atoms with Crippen molar-refractivity contribution < 1.29 is 14.7 Å². The third-order valence-electron chi connectivity index (χ3n) is 3.23. The molecule has 1 fully saturated rings. The molecule has 1 aliphatic heterocycles. The highest BCUT2D eigenvalue weighted by molar-refractivity contribution is 5.95. The molecule has 1 amide bonds. The topological polar surface area (TPSA) is 91.3 Å². The number of carbonyl (C=O) groups excluding carboxylic acids is 1. The van der Waals surface area contributed by atoms with Crippen molar-refractivity contribution in [3.63, 3.8) is 0 Å². The molecule has 0 radical (unpaired) electrons. The first-order valence-corrected chi connectivity index (χ1v) is 6.30. The molecule has 1 aliphatic rings. The molecular formula is C13H17N3O3. The standard InChI is InChI=1S/C13H17N3O3/c1-8-4-5-14-11(6-8)12(17)16-9-2-3-10(13(18)19)15-7-9/h2-3,7-8,11,14H,4-6H2,1H3,(H,16,17)(H,18,19). The largest absolute Gasteiger partial charge is 0.477 e. The van der Waals surface area contributed by atoms with Crippen LogP contribution in [0.3, 0.4) is 0 Å². The second kappa shape index (κ2) is 5.79. The number of anilines is 1. The van der Waals surface area contributed by atoms with Gasteiger partial charge in [0, 0.05) is 0 Å². The number of carboxylic acids is 1. The van der Waals surface area contributed by atoms with Crippen molar-refractivity contribution >= 4 is 17.6 Å². The van der Waals surface area contributed by atoms with E-state index in [2.05, 4.69) is 22.5 Å². The summed E-state index contributed by atoms with van der Waals surface area (Å²) in [6, 6.07) is 2.72. The van der Waals surface area contributed by atoms with Gasteiger partial charge in [-0.15, -0.1) is 0 Å². The van der Waals surface area contributed by atoms with Crippen LogP contribution in [-0.4, -0.2) is 34.6 Å². The van der Waals surface area contributed by atoms with E-state index >= 15 is 0 Å². The highest BCUT2D eigenvalue weighted by Gasteiger charge is 2.24. The zero-order chi connectivity index (χ0) is 13.8. The molecule has 2 unspecified atom stereocenters. The third-order valence-corrected chi connectivity index (χ3v) is 3.23. The molecule has 6 heteroatoms. The number of nitrogens with zero attached hydrogens (tertiary/aromatic N) is 1. The van der Waals surface area contributed by atoms with Crippen LogP contribution in [-0.2, 0) is 4.79 Å². The van der Waals surface area contributed by atoms with Crippen LogP contribution in [0.1, 0.15) is 30.3 Å². The van der Waals surface area contributed by atoms with E-state index in [1.165, 1.54) is 12.3 Å². The molecule has 2 heterocycles. The summed E-state index contributed by atoms with van der Waals surface area (Å²) in [5.41, 5.74) is 0.470. The average molecular weight is 263 g/mol. The van der Waals surface area contributed by atoms with Gasteiger partial charge in [0.05, 0.1) is 17.9 Å². The molecule has 0 saturated carbocycles. The number of aromatic nitrogens is 1. The van der Waals surface area contributed by atoms with Gasteiger partial charge in [-0.05, 0) is 37.4 Å². The lowest BCUT2D eigenvalue weighted by molar-refractivity contribution is -0.119. The first-order valence-electron chi connectivity index (χ1n) is 6.30. The molecule has 2 rings (SSSR count). The third kappa shape index (κ3) is 3.51. The van der Waals surface area contributed by atoms with E-state index in [1.807, 2.05) is 0 Å². The lowest BCUT2D eigenvalue weighted by Crippen LogP contribution is -2.45. The molecule has 0 aromatic carbocycles. The predicted molar refractivity (Wildman–Crippen MR) is 70.0 cm³/mol. The quantitative estimate of drug-likeness (QED) is 0.759. The van der Waals surface area contributed by atoms with Crippen molar-refractivity contribution in [1.29, 1.82) is 0 Å². The Morgan fingerprint density at radius 3 is 2.84 bits per heavy atom. The molecule has 102 valence electrons. The van der Waals surface area contributed by atoms with E-state index in [0.29, 0.717) is 11.6 Å². The number of hydrogen-bond acceptors (Lipinski definition) is 4. The molecule has 0 bridgehead atoms. The van der Waals surface area contributed by atoms with Gasteiger partial charge in [0.25, 0.3) is 0 Å². The lowest BCUT2D eigenvalue weighted by atomic mass is 9.94. The molecule has 2 atom stereocenters. The Labute approximate surface area is 111 Å². The summed E-state index contributed by atoms with van der Waals surface area (Å²) in [6.07, 6.45) is 3.25. The van der Waals surface area contributed by atoms with Crippen LogP contribution in [0.25, 0.3) is 0 Å². The van der Waals surface area contributed by atoms with E-state index in [0.717, 1.165) is 19.4 Å². The van der Waals surface area contributed by atoms with Crippen molar-refractivity contribution in [2.24, 2.45) is 5.92 Å². The summed E-state index contributed by atoms with van der Waals surface area (Å²) in [5, 5.41) is 14.6. The monoisotopic (exact) mass is 263 g/mol. The Bertz CT molecular complexity index is 473. The maximum Gasteiger partial charge on any atom is 0.354 e. The van der Waals surface area contributed by atoms with Gasteiger partial charge in [-0.3, -0.25) is 4.79 Å². The summed E-state index contributed by atoms with van der Waals surface area (Å²) in [4.78, 5) is 26.4. The van der Waals surface area contributed by atoms with Crippen LogP contribution >= 0.6 is 0 Å². The van der Waals surface area contributed by atoms with Crippen molar-refractivity contribution in [1.82, 2.24) is 10.3 Å². The number of nitrogens with one attached hydrogen (secondary N) is 2. The summed E-state index contributed by atoms with van der Waals surface area (Å²) < 4.78 is 0. The van der Waals surface area contributed by atoms with Crippen LogP contribution in [0.4, 0.5) is 5.69 Å². The van der Waals surface area contributed by atoms with Crippen molar-refractivity contribution in [2.75, 3.05) is 11.9 Å². The number of hydrogen-bond donors (Lipinski definition) is 3. The number of pyridine rings is 1. The number of piperidine rings is 1. The highest BCUT2D eigenvalue weighted by Crippen LogP contribution is 2.16. The van der Waals surface area contributed by atoms with E-state index in [4.69, 9.17) is 5.11 Å². The summed E-state index contributed by atoms with van der Waals surface area (Å²) in [6.45, 7) is 2.97. The van der Waals surface area contributed by atoms with Gasteiger partial charge in [-0.2, -0.15) is 0 Å². The second-order valence-corrected chi connectivity index (χ2v) is 4.86. The molecule has 0 aliphatic carbocycles. The number of carboxylic acid groups (broad SMARTS) is 1. The van der Waals surface area contributed by atoms with Gasteiger partial charge in [0.1, 0.15) is 5.69 Å². The molecule has 0 spiro atoms. The Hall–Kier alpha value is -1.95.